The molecule has 0 fully saturated rings. The molecule has 0 saturated carbocycles. The summed E-state index contributed by atoms with van der Waals surface area (Å²) in [5, 5.41) is 0. The number of anilines is 2. The molecule has 2 heteroatoms. The largest absolute Gasteiger partial charge is 0.399 e. The zero-order chi connectivity index (χ0) is 12.0. The van der Waals surface area contributed by atoms with Gasteiger partial charge in [0.15, 0.2) is 0 Å². The van der Waals surface area contributed by atoms with E-state index in [1.54, 1.807) is 0 Å². The standard InChI is InChI=1S/C14H24N2/c1-4-11-16(13(5-2)6-3)14-9-7-12(15)8-10-14/h7-10,13H,4-6,11,15H2,1-3H3. The van der Waals surface area contributed by atoms with Crippen LogP contribution in [-0.4, -0.2) is 12.6 Å². The third kappa shape index (κ3) is 3.16. The average molecular weight is 220 g/mol. The summed E-state index contributed by atoms with van der Waals surface area (Å²) in [6, 6.07) is 8.87. The minimum absolute atomic E-state index is 0.642. The highest BCUT2D eigenvalue weighted by atomic mass is 15.2. The van der Waals surface area contributed by atoms with Crippen LogP contribution in [0.4, 0.5) is 11.4 Å². The minimum Gasteiger partial charge on any atom is -0.399 e. The average Bonchev–Trinajstić information content (AvgIpc) is 2.31. The van der Waals surface area contributed by atoms with Crippen LogP contribution in [0.5, 0.6) is 0 Å². The minimum atomic E-state index is 0.642. The van der Waals surface area contributed by atoms with Crippen LogP contribution in [0.25, 0.3) is 0 Å². The number of nitrogen functional groups attached to an aromatic ring is 1. The highest BCUT2D eigenvalue weighted by Crippen LogP contribution is 2.22. The van der Waals surface area contributed by atoms with Gasteiger partial charge in [-0.3, -0.25) is 0 Å². The summed E-state index contributed by atoms with van der Waals surface area (Å²) in [5.74, 6) is 0. The molecule has 0 unspecified atom stereocenters. The lowest BCUT2D eigenvalue weighted by molar-refractivity contribution is 0.553. The van der Waals surface area contributed by atoms with Gasteiger partial charge in [-0.15, -0.1) is 0 Å². The van der Waals surface area contributed by atoms with Gasteiger partial charge < -0.3 is 10.6 Å². The van der Waals surface area contributed by atoms with Crippen molar-refractivity contribution in [1.82, 2.24) is 0 Å². The molecule has 0 saturated heterocycles. The van der Waals surface area contributed by atoms with E-state index < -0.39 is 0 Å². The molecule has 1 aromatic rings. The van der Waals surface area contributed by atoms with Crippen molar-refractivity contribution in [3.63, 3.8) is 0 Å². The van der Waals surface area contributed by atoms with E-state index in [9.17, 15) is 0 Å². The number of hydrogen-bond donors (Lipinski definition) is 1. The Balaban J connectivity index is 2.87. The Hall–Kier alpha value is -1.18. The SMILES string of the molecule is CCCN(c1ccc(N)cc1)C(CC)CC. The quantitative estimate of drug-likeness (QED) is 0.741. The smallest absolute Gasteiger partial charge is 0.0370 e. The highest BCUT2D eigenvalue weighted by molar-refractivity contribution is 5.53. The van der Waals surface area contributed by atoms with Crippen molar-refractivity contribution in [3.8, 4) is 0 Å². The predicted octanol–water partition coefficient (Wildman–Crippen LogP) is 3.67. The molecule has 1 rings (SSSR count). The van der Waals surface area contributed by atoms with Crippen molar-refractivity contribution in [1.29, 1.82) is 0 Å². The number of hydrogen-bond acceptors (Lipinski definition) is 2. The van der Waals surface area contributed by atoms with E-state index in [0.717, 1.165) is 12.2 Å². The number of benzene rings is 1. The lowest BCUT2D eigenvalue weighted by Crippen LogP contribution is -2.35. The molecule has 0 atom stereocenters. The molecule has 2 nitrogen and oxygen atoms in total. The third-order valence-electron chi connectivity index (χ3n) is 3.07. The van der Waals surface area contributed by atoms with Crippen molar-refractivity contribution in [2.24, 2.45) is 0 Å². The van der Waals surface area contributed by atoms with Gasteiger partial charge in [0, 0.05) is 24.0 Å². The number of rotatable bonds is 6. The summed E-state index contributed by atoms with van der Waals surface area (Å²) in [5.41, 5.74) is 7.86. The van der Waals surface area contributed by atoms with Gasteiger partial charge in [-0.05, 0) is 43.5 Å². The van der Waals surface area contributed by atoms with Crippen molar-refractivity contribution >= 4 is 11.4 Å². The molecule has 0 amide bonds. The van der Waals surface area contributed by atoms with Crippen LogP contribution in [0, 0.1) is 0 Å². The fourth-order valence-corrected chi connectivity index (χ4v) is 2.16. The van der Waals surface area contributed by atoms with Crippen LogP contribution in [-0.2, 0) is 0 Å². The summed E-state index contributed by atoms with van der Waals surface area (Å²) >= 11 is 0. The molecule has 0 radical (unpaired) electrons. The molecule has 2 N–H and O–H groups in total. The molecule has 1 aromatic carbocycles. The summed E-state index contributed by atoms with van der Waals surface area (Å²) in [6.07, 6.45) is 3.57. The van der Waals surface area contributed by atoms with Crippen molar-refractivity contribution < 1.29 is 0 Å². The molecular formula is C14H24N2. The lowest BCUT2D eigenvalue weighted by atomic mass is 10.1. The Bertz CT molecular complexity index is 288. The Morgan fingerprint density at radius 1 is 1.06 bits per heavy atom. The molecule has 0 aromatic heterocycles. The highest BCUT2D eigenvalue weighted by Gasteiger charge is 2.14. The second-order valence-corrected chi connectivity index (χ2v) is 4.26. The molecule has 0 aliphatic rings. The monoisotopic (exact) mass is 220 g/mol. The second-order valence-electron chi connectivity index (χ2n) is 4.26. The van der Waals surface area contributed by atoms with Gasteiger partial charge in [0.2, 0.25) is 0 Å². The molecule has 0 aliphatic carbocycles. The molecule has 0 aliphatic heterocycles. The van der Waals surface area contributed by atoms with E-state index in [1.807, 2.05) is 12.1 Å². The van der Waals surface area contributed by atoms with Crippen LogP contribution in [0.15, 0.2) is 24.3 Å². The first kappa shape index (κ1) is 12.9. The molecule has 16 heavy (non-hydrogen) atoms. The van der Waals surface area contributed by atoms with E-state index >= 15 is 0 Å². The lowest BCUT2D eigenvalue weighted by Gasteiger charge is -2.32. The predicted molar refractivity (Wildman–Crippen MR) is 72.9 cm³/mol. The van der Waals surface area contributed by atoms with E-state index in [1.165, 1.54) is 24.9 Å². The Morgan fingerprint density at radius 3 is 2.06 bits per heavy atom. The topological polar surface area (TPSA) is 29.3 Å². The van der Waals surface area contributed by atoms with E-state index in [2.05, 4.69) is 37.8 Å². The van der Waals surface area contributed by atoms with E-state index in [-0.39, 0.29) is 0 Å². The van der Waals surface area contributed by atoms with Gasteiger partial charge in [0.05, 0.1) is 0 Å². The third-order valence-corrected chi connectivity index (χ3v) is 3.07. The molecule has 0 heterocycles. The summed E-state index contributed by atoms with van der Waals surface area (Å²) in [4.78, 5) is 2.50. The summed E-state index contributed by atoms with van der Waals surface area (Å²) in [7, 11) is 0. The van der Waals surface area contributed by atoms with Crippen LogP contribution >= 0.6 is 0 Å². The first-order valence-electron chi connectivity index (χ1n) is 6.35. The molecule has 90 valence electrons. The van der Waals surface area contributed by atoms with Crippen molar-refractivity contribution in [2.45, 2.75) is 46.1 Å². The second kappa shape index (κ2) is 6.41. The Labute approximate surface area is 99.5 Å². The van der Waals surface area contributed by atoms with Crippen LogP contribution < -0.4 is 10.6 Å². The Morgan fingerprint density at radius 2 is 1.62 bits per heavy atom. The fourth-order valence-electron chi connectivity index (χ4n) is 2.16. The fraction of sp³-hybridized carbons (Fsp3) is 0.571. The van der Waals surface area contributed by atoms with Crippen molar-refractivity contribution in [2.75, 3.05) is 17.2 Å². The van der Waals surface area contributed by atoms with Crippen LogP contribution in [0.1, 0.15) is 40.0 Å². The van der Waals surface area contributed by atoms with Gasteiger partial charge in [-0.25, -0.2) is 0 Å². The van der Waals surface area contributed by atoms with Gasteiger partial charge in [-0.1, -0.05) is 20.8 Å². The zero-order valence-corrected chi connectivity index (χ0v) is 10.7. The Kier molecular flexibility index (Phi) is 5.17. The number of nitrogens with two attached hydrogens (primary N) is 1. The maximum absolute atomic E-state index is 5.72. The van der Waals surface area contributed by atoms with Crippen LogP contribution in [0.2, 0.25) is 0 Å². The first-order chi connectivity index (χ1) is 7.72. The first-order valence-corrected chi connectivity index (χ1v) is 6.35. The van der Waals surface area contributed by atoms with Gasteiger partial charge in [-0.2, -0.15) is 0 Å². The maximum atomic E-state index is 5.72. The van der Waals surface area contributed by atoms with Crippen LogP contribution in [0.3, 0.4) is 0 Å². The van der Waals surface area contributed by atoms with E-state index in [0.29, 0.717) is 6.04 Å². The van der Waals surface area contributed by atoms with Gasteiger partial charge in [0.25, 0.3) is 0 Å². The van der Waals surface area contributed by atoms with Crippen molar-refractivity contribution in [3.05, 3.63) is 24.3 Å². The summed E-state index contributed by atoms with van der Waals surface area (Å²) < 4.78 is 0. The van der Waals surface area contributed by atoms with Gasteiger partial charge in [0.1, 0.15) is 0 Å². The zero-order valence-electron chi connectivity index (χ0n) is 10.7. The molecule has 0 spiro atoms. The van der Waals surface area contributed by atoms with Gasteiger partial charge >= 0.3 is 0 Å². The maximum Gasteiger partial charge on any atom is 0.0370 e. The molecular weight excluding hydrogens is 196 g/mol. The molecule has 0 bridgehead atoms. The van der Waals surface area contributed by atoms with E-state index in [4.69, 9.17) is 5.73 Å². The summed E-state index contributed by atoms with van der Waals surface area (Å²) in [6.45, 7) is 7.87. The number of nitrogens with zero attached hydrogens (tertiary/aromatic N) is 1. The normalized spacial score (nSPS) is 10.8.